The number of thiophene rings is 1. The van der Waals surface area contributed by atoms with Crippen molar-refractivity contribution in [2.45, 2.75) is 34.2 Å². The van der Waals surface area contributed by atoms with Crippen LogP contribution in [-0.4, -0.2) is 43.0 Å². The van der Waals surface area contributed by atoms with Gasteiger partial charge >= 0.3 is 0 Å². The van der Waals surface area contributed by atoms with Gasteiger partial charge in [-0.1, -0.05) is 60.7 Å². The van der Waals surface area contributed by atoms with Crippen LogP contribution in [0.25, 0.3) is 27.6 Å². The van der Waals surface area contributed by atoms with E-state index in [2.05, 4.69) is 40.1 Å². The fourth-order valence-electron chi connectivity index (χ4n) is 5.14. The summed E-state index contributed by atoms with van der Waals surface area (Å²) in [4.78, 5) is 36.0. The molecule has 248 valence electrons. The van der Waals surface area contributed by atoms with Crippen LogP contribution in [0, 0.1) is 20.8 Å². The Labute approximate surface area is 289 Å². The number of rotatable bonds is 1. The van der Waals surface area contributed by atoms with Gasteiger partial charge in [0.05, 0.1) is 10.6 Å². The molecule has 0 atom stereocenters. The van der Waals surface area contributed by atoms with E-state index in [1.807, 2.05) is 134 Å². The second-order valence-electron chi connectivity index (χ2n) is 11.4. The summed E-state index contributed by atoms with van der Waals surface area (Å²) in [6.07, 6.45) is 6.04. The minimum absolute atomic E-state index is 0.139. The van der Waals surface area contributed by atoms with Crippen molar-refractivity contribution in [2.75, 3.05) is 7.05 Å². The molecule has 1 amide bonds. The topological polar surface area (TPSA) is 96.5 Å². The second kappa shape index (κ2) is 16.3. The normalized spacial score (nSPS) is 11.4. The van der Waals surface area contributed by atoms with Crippen LogP contribution in [0.3, 0.4) is 0 Å². The number of aryl methyl sites for hydroxylation is 3. The molecule has 9 rings (SSSR count). The highest BCUT2D eigenvalue weighted by Crippen LogP contribution is 2.20. The van der Waals surface area contributed by atoms with E-state index in [4.69, 9.17) is 4.42 Å². The van der Waals surface area contributed by atoms with Crippen LogP contribution in [0.2, 0.25) is 0 Å². The highest BCUT2D eigenvalue weighted by molar-refractivity contribution is 7.12. The first-order valence-corrected chi connectivity index (χ1v) is 16.7. The number of amides is 1. The second-order valence-corrected chi connectivity index (χ2v) is 12.4. The number of para-hydroxylation sites is 3. The molecule has 8 aromatic rings. The van der Waals surface area contributed by atoms with Crippen molar-refractivity contribution in [3.8, 4) is 0 Å². The summed E-state index contributed by atoms with van der Waals surface area (Å²) >= 11 is 1.48. The molecule has 0 unspecified atom stereocenters. The Morgan fingerprint density at radius 2 is 1.59 bits per heavy atom. The van der Waals surface area contributed by atoms with Gasteiger partial charge in [-0.05, 0) is 79.7 Å². The molecule has 0 saturated carbocycles. The monoisotopic (exact) mass is 669 g/mol. The van der Waals surface area contributed by atoms with E-state index in [0.717, 1.165) is 50.9 Å². The number of benzene rings is 3. The number of nitrogens with zero attached hydrogens (tertiary/aromatic N) is 4. The number of ketones is 1. The van der Waals surface area contributed by atoms with E-state index < -0.39 is 0 Å². The van der Waals surface area contributed by atoms with Crippen molar-refractivity contribution in [2.24, 2.45) is 0 Å². The van der Waals surface area contributed by atoms with Gasteiger partial charge in [0.15, 0.2) is 17.3 Å². The maximum Gasteiger partial charge on any atom is 0.254 e. The molecule has 0 saturated heterocycles. The third-order valence-electron chi connectivity index (χ3n) is 7.55. The predicted octanol–water partition coefficient (Wildman–Crippen LogP) is 9.48. The first kappa shape index (κ1) is 34.5. The molecule has 1 aliphatic heterocycles. The largest absolute Gasteiger partial charge is 0.441 e. The third-order valence-corrected chi connectivity index (χ3v) is 8.52. The maximum absolute atomic E-state index is 11.3. The number of fused-ring (bicyclic) bond motifs is 4. The Morgan fingerprint density at radius 1 is 0.857 bits per heavy atom. The third kappa shape index (κ3) is 9.18. The number of hydrogen-bond donors (Lipinski definition) is 1. The number of Topliss-reactive ketones (excluding diaryl/α,β-unsaturated/α-hetero) is 1. The summed E-state index contributed by atoms with van der Waals surface area (Å²) < 4.78 is 7.27. The number of aromatic amines is 1. The summed E-state index contributed by atoms with van der Waals surface area (Å²) in [6.45, 7) is 8.28. The SMILES string of the molecule is CC(=O)c1cccs1.CN1Cc2ccccc2C1=O.Cc1c[nH]c2ccccc12.Cc1cn2ccccc2n1.Cc1nc2ccccc2o1. The summed E-state index contributed by atoms with van der Waals surface area (Å²) in [7, 11) is 1.82. The van der Waals surface area contributed by atoms with Gasteiger partial charge in [0, 0.05) is 55.6 Å². The minimum Gasteiger partial charge on any atom is -0.441 e. The first-order valence-electron chi connectivity index (χ1n) is 15.8. The number of oxazole rings is 1. The number of pyridine rings is 1. The number of carbonyl (C=O) groups is 2. The van der Waals surface area contributed by atoms with E-state index in [9.17, 15) is 9.59 Å². The molecule has 0 radical (unpaired) electrons. The van der Waals surface area contributed by atoms with Crippen molar-refractivity contribution in [3.05, 3.63) is 160 Å². The van der Waals surface area contributed by atoms with E-state index >= 15 is 0 Å². The number of hydrogen-bond acceptors (Lipinski definition) is 6. The van der Waals surface area contributed by atoms with E-state index in [1.54, 1.807) is 11.8 Å². The summed E-state index contributed by atoms with van der Waals surface area (Å²) in [5.41, 5.74) is 8.40. The molecule has 9 heteroatoms. The molecule has 8 nitrogen and oxygen atoms in total. The zero-order valence-corrected chi connectivity index (χ0v) is 29.1. The van der Waals surface area contributed by atoms with Crippen LogP contribution in [0.5, 0.6) is 0 Å². The van der Waals surface area contributed by atoms with Crippen molar-refractivity contribution >= 4 is 50.7 Å². The van der Waals surface area contributed by atoms with Gasteiger partial charge in [-0.3, -0.25) is 9.59 Å². The first-order chi connectivity index (χ1) is 23.7. The standard InChI is InChI=1S/C9H9NO.C9H9N.C8H8N2.C8H7NO.C6H6OS/c1-10-6-7-4-2-3-5-8(7)9(10)11;1-7-6-10-9-5-3-2-4-8(7)9;1-7-6-10-5-3-2-4-8(10)9-7;1-6-9-7-4-2-3-5-8(7)10-6;1-5(7)6-3-2-4-8-6/h2-5H,6H2,1H3;2-6,10H,1H3;2-6H,1H3;2-5H,1H3;2-4H,1H3. The van der Waals surface area contributed by atoms with Gasteiger partial charge in [-0.15, -0.1) is 11.3 Å². The van der Waals surface area contributed by atoms with Crippen LogP contribution < -0.4 is 0 Å². The lowest BCUT2D eigenvalue weighted by atomic mass is 10.1. The molecular formula is C40H39N5O3S. The minimum atomic E-state index is 0.139. The van der Waals surface area contributed by atoms with Crippen LogP contribution in [0.4, 0.5) is 0 Å². The van der Waals surface area contributed by atoms with Gasteiger partial charge < -0.3 is 18.7 Å². The van der Waals surface area contributed by atoms with Crippen molar-refractivity contribution < 1.29 is 14.0 Å². The number of aromatic nitrogens is 4. The lowest BCUT2D eigenvalue weighted by Gasteiger charge is -2.04. The lowest BCUT2D eigenvalue weighted by molar-refractivity contribution is 0.0816. The maximum atomic E-state index is 11.3. The molecule has 5 aromatic heterocycles. The van der Waals surface area contributed by atoms with E-state index in [1.165, 1.54) is 27.8 Å². The van der Waals surface area contributed by atoms with Crippen molar-refractivity contribution in [1.29, 1.82) is 0 Å². The Morgan fingerprint density at radius 3 is 2.29 bits per heavy atom. The lowest BCUT2D eigenvalue weighted by Crippen LogP contribution is -2.17. The molecule has 1 N–H and O–H groups in total. The smallest absolute Gasteiger partial charge is 0.254 e. The molecule has 0 fully saturated rings. The fraction of sp³-hybridized carbons (Fsp3) is 0.150. The van der Waals surface area contributed by atoms with Crippen molar-refractivity contribution in [1.82, 2.24) is 24.3 Å². The molecule has 0 aliphatic carbocycles. The average molecular weight is 670 g/mol. The van der Waals surface area contributed by atoms with Crippen LogP contribution in [0.1, 0.15) is 49.7 Å². The Kier molecular flexibility index (Phi) is 11.5. The Hall–Kier alpha value is -5.80. The van der Waals surface area contributed by atoms with Crippen molar-refractivity contribution in [3.63, 3.8) is 0 Å². The summed E-state index contributed by atoms with van der Waals surface area (Å²) in [5.74, 6) is 1.02. The highest BCUT2D eigenvalue weighted by Gasteiger charge is 2.22. The van der Waals surface area contributed by atoms with Gasteiger partial charge in [-0.25, -0.2) is 9.97 Å². The zero-order valence-electron chi connectivity index (χ0n) is 28.3. The average Bonchev–Trinajstić information content (AvgIpc) is 3.94. The van der Waals surface area contributed by atoms with Crippen LogP contribution in [0.15, 0.2) is 132 Å². The molecule has 3 aromatic carbocycles. The summed E-state index contributed by atoms with van der Waals surface area (Å²) in [6, 6.07) is 33.5. The van der Waals surface area contributed by atoms with Crippen LogP contribution in [-0.2, 0) is 6.54 Å². The number of H-pyrrole nitrogens is 1. The molecule has 0 spiro atoms. The quantitative estimate of drug-likeness (QED) is 0.176. The van der Waals surface area contributed by atoms with E-state index in [-0.39, 0.29) is 11.7 Å². The number of imidazole rings is 1. The zero-order chi connectivity index (χ0) is 34.8. The number of nitrogens with one attached hydrogen (secondary N) is 1. The van der Waals surface area contributed by atoms with Gasteiger partial charge in [-0.2, -0.15) is 0 Å². The molecule has 1 aliphatic rings. The molecule has 49 heavy (non-hydrogen) atoms. The van der Waals surface area contributed by atoms with Gasteiger partial charge in [0.2, 0.25) is 0 Å². The highest BCUT2D eigenvalue weighted by atomic mass is 32.1. The van der Waals surface area contributed by atoms with E-state index in [0.29, 0.717) is 0 Å². The fourth-order valence-corrected chi connectivity index (χ4v) is 5.77. The predicted molar refractivity (Wildman–Crippen MR) is 198 cm³/mol. The van der Waals surface area contributed by atoms with Gasteiger partial charge in [0.1, 0.15) is 11.2 Å². The Balaban J connectivity index is 0.000000120. The molecule has 6 heterocycles. The van der Waals surface area contributed by atoms with Crippen LogP contribution >= 0.6 is 11.3 Å². The molecular weight excluding hydrogens is 631 g/mol. The number of carbonyl (C=O) groups excluding carboxylic acids is 2. The molecule has 0 bridgehead atoms. The Bertz CT molecular complexity index is 2130. The van der Waals surface area contributed by atoms with Gasteiger partial charge in [0.25, 0.3) is 5.91 Å². The summed E-state index contributed by atoms with van der Waals surface area (Å²) in [5, 5.41) is 3.22.